The number of benzene rings is 1. The molecule has 0 radical (unpaired) electrons. The van der Waals surface area contributed by atoms with Gasteiger partial charge in [-0.3, -0.25) is 4.72 Å². The van der Waals surface area contributed by atoms with E-state index in [9.17, 15) is 0 Å². The Labute approximate surface area is 210 Å². The van der Waals surface area contributed by atoms with Gasteiger partial charge in [-0.1, -0.05) is 63.9 Å². The maximum atomic E-state index is 4.94. The van der Waals surface area contributed by atoms with Gasteiger partial charge in [0, 0.05) is 36.8 Å². The molecule has 1 aromatic carbocycles. The van der Waals surface area contributed by atoms with E-state index in [1.807, 2.05) is 12.3 Å². The lowest BCUT2D eigenvalue weighted by Gasteiger charge is -2.31. The van der Waals surface area contributed by atoms with Crippen LogP contribution in [0.4, 0.5) is 11.8 Å². The highest BCUT2D eigenvalue weighted by Gasteiger charge is 2.18. The Hall–Kier alpha value is -2.12. The zero-order valence-electron chi connectivity index (χ0n) is 19.6. The monoisotopic (exact) mass is 525 g/mol. The van der Waals surface area contributed by atoms with Gasteiger partial charge >= 0.3 is 0 Å². The van der Waals surface area contributed by atoms with Gasteiger partial charge in [-0.15, -0.1) is 0 Å². The fourth-order valence-corrected chi connectivity index (χ4v) is 5.11. The number of hydrogen-bond acceptors (Lipinski definition) is 6. The highest BCUT2D eigenvalue weighted by molar-refractivity contribution is 9.10. The molecule has 0 atom stereocenters. The van der Waals surface area contributed by atoms with Crippen LogP contribution in [0, 0.1) is 5.41 Å². The second-order valence-corrected chi connectivity index (χ2v) is 11.4. The number of nitrogens with one attached hydrogen (secondary N) is 1. The molecule has 1 aliphatic heterocycles. The van der Waals surface area contributed by atoms with E-state index in [-0.39, 0.29) is 5.41 Å². The van der Waals surface area contributed by atoms with Gasteiger partial charge in [-0.2, -0.15) is 0 Å². The Kier molecular flexibility index (Phi) is 7.91. The van der Waals surface area contributed by atoms with Gasteiger partial charge in [0.1, 0.15) is 10.8 Å². The first-order chi connectivity index (χ1) is 15.9. The van der Waals surface area contributed by atoms with Gasteiger partial charge in [0.05, 0.1) is 10.2 Å². The zero-order chi connectivity index (χ0) is 23.3. The third-order valence-electron chi connectivity index (χ3n) is 5.59. The molecule has 5 nitrogen and oxygen atoms in total. The minimum Gasteiger partial charge on any atom is -0.356 e. The molecule has 3 heterocycles. The molecule has 0 fully saturated rings. The third kappa shape index (κ3) is 6.70. The molecule has 0 aliphatic carbocycles. The number of pyridine rings is 1. The van der Waals surface area contributed by atoms with Crippen LogP contribution >= 0.6 is 27.9 Å². The predicted molar refractivity (Wildman–Crippen MR) is 143 cm³/mol. The van der Waals surface area contributed by atoms with Gasteiger partial charge < -0.3 is 4.90 Å². The van der Waals surface area contributed by atoms with Crippen LogP contribution in [0.15, 0.2) is 58.2 Å². The SMILES string of the molecule is CC(C)(C)CN1CCCCCCc2ccccc2-c2nc(ncc2Br)NSc2cccc1n2. The summed E-state index contributed by atoms with van der Waals surface area (Å²) in [6, 6.07) is 14.8. The predicted octanol–water partition coefficient (Wildman–Crippen LogP) is 7.39. The highest BCUT2D eigenvalue weighted by Crippen LogP contribution is 2.32. The molecular weight excluding hydrogens is 494 g/mol. The molecule has 1 aliphatic rings. The fourth-order valence-electron chi connectivity index (χ4n) is 4.13. The van der Waals surface area contributed by atoms with Crippen molar-refractivity contribution >= 4 is 39.6 Å². The number of nitrogens with zero attached hydrogens (tertiary/aromatic N) is 4. The molecule has 174 valence electrons. The maximum Gasteiger partial charge on any atom is 0.233 e. The standard InChI is InChI=1S/C26H32BrN5S/c1-26(2,3)18-32-16-9-5-4-6-11-19-12-7-8-13-20(19)24-21(27)17-28-25(30-24)31-33-23-15-10-14-22(32)29-23/h7-8,10,12-15,17H,4-6,9,11,16,18H2,1-3H3,(H,28,30,31). The molecule has 4 rings (SSSR count). The fraction of sp³-hybridized carbons (Fsp3) is 0.423. The molecule has 7 heteroatoms. The Bertz CT molecular complexity index is 1080. The topological polar surface area (TPSA) is 53.9 Å². The summed E-state index contributed by atoms with van der Waals surface area (Å²) in [5, 5.41) is 0.907. The van der Waals surface area contributed by atoms with Crippen LogP contribution in [-0.4, -0.2) is 28.0 Å². The van der Waals surface area contributed by atoms with E-state index in [1.165, 1.54) is 48.8 Å². The van der Waals surface area contributed by atoms with E-state index in [0.29, 0.717) is 5.95 Å². The van der Waals surface area contributed by atoms with Crippen molar-refractivity contribution in [2.45, 2.75) is 57.9 Å². The van der Waals surface area contributed by atoms with E-state index < -0.39 is 0 Å². The number of anilines is 2. The van der Waals surface area contributed by atoms with Gasteiger partial charge in [0.2, 0.25) is 5.95 Å². The van der Waals surface area contributed by atoms with Gasteiger partial charge in [-0.25, -0.2) is 15.0 Å². The summed E-state index contributed by atoms with van der Waals surface area (Å²) >= 11 is 5.11. The number of aryl methyl sites for hydroxylation is 1. The smallest absolute Gasteiger partial charge is 0.233 e. The van der Waals surface area contributed by atoms with E-state index in [1.54, 1.807) is 0 Å². The first-order valence-corrected chi connectivity index (χ1v) is 13.3. The first kappa shape index (κ1) is 24.0. The van der Waals surface area contributed by atoms with Crippen LogP contribution in [0.25, 0.3) is 11.3 Å². The van der Waals surface area contributed by atoms with Crippen molar-refractivity contribution < 1.29 is 0 Å². The molecule has 0 saturated carbocycles. The quantitative estimate of drug-likeness (QED) is 0.334. The van der Waals surface area contributed by atoms with E-state index >= 15 is 0 Å². The average Bonchev–Trinajstić information content (AvgIpc) is 2.79. The van der Waals surface area contributed by atoms with Crippen molar-refractivity contribution in [2.75, 3.05) is 22.7 Å². The van der Waals surface area contributed by atoms with Gasteiger partial charge in [0.15, 0.2) is 0 Å². The molecule has 33 heavy (non-hydrogen) atoms. The van der Waals surface area contributed by atoms with Crippen LogP contribution in [0.3, 0.4) is 0 Å². The van der Waals surface area contributed by atoms with E-state index in [4.69, 9.17) is 9.97 Å². The van der Waals surface area contributed by atoms with Gasteiger partial charge in [0.25, 0.3) is 0 Å². The van der Waals surface area contributed by atoms with Crippen LogP contribution in [-0.2, 0) is 6.42 Å². The summed E-state index contributed by atoms with van der Waals surface area (Å²) < 4.78 is 4.21. The van der Waals surface area contributed by atoms with Crippen LogP contribution in [0.5, 0.6) is 0 Å². The second kappa shape index (κ2) is 10.9. The Morgan fingerprint density at radius 1 is 1.00 bits per heavy atom. The molecule has 1 N–H and O–H groups in total. The molecule has 0 amide bonds. The number of halogens is 1. The Morgan fingerprint density at radius 2 is 1.82 bits per heavy atom. The lowest BCUT2D eigenvalue weighted by Crippen LogP contribution is -2.34. The van der Waals surface area contributed by atoms with Crippen molar-refractivity contribution in [1.29, 1.82) is 0 Å². The van der Waals surface area contributed by atoms with Crippen molar-refractivity contribution in [3.05, 3.63) is 58.7 Å². The maximum absolute atomic E-state index is 4.94. The van der Waals surface area contributed by atoms with Gasteiger partial charge in [-0.05, 0) is 58.3 Å². The number of hydrogen-bond donors (Lipinski definition) is 1. The first-order valence-electron chi connectivity index (χ1n) is 11.6. The molecule has 0 saturated heterocycles. The Balaban J connectivity index is 1.65. The minimum absolute atomic E-state index is 0.202. The summed E-state index contributed by atoms with van der Waals surface area (Å²) in [6.07, 6.45) is 7.67. The molecule has 3 aromatic rings. The molecule has 0 spiro atoms. The van der Waals surface area contributed by atoms with Crippen molar-refractivity contribution in [1.82, 2.24) is 15.0 Å². The zero-order valence-corrected chi connectivity index (χ0v) is 22.0. The molecule has 0 unspecified atom stereocenters. The second-order valence-electron chi connectivity index (χ2n) is 9.73. The lowest BCUT2D eigenvalue weighted by atomic mass is 9.95. The third-order valence-corrected chi connectivity index (χ3v) is 6.89. The highest BCUT2D eigenvalue weighted by atomic mass is 79.9. The summed E-state index contributed by atoms with van der Waals surface area (Å²) in [7, 11) is 0. The Morgan fingerprint density at radius 3 is 2.67 bits per heavy atom. The van der Waals surface area contributed by atoms with Crippen LogP contribution in [0.2, 0.25) is 0 Å². The van der Waals surface area contributed by atoms with Crippen LogP contribution in [0.1, 0.15) is 52.0 Å². The molecule has 2 aromatic heterocycles. The van der Waals surface area contributed by atoms with E-state index in [2.05, 4.69) is 87.7 Å². The van der Waals surface area contributed by atoms with E-state index in [0.717, 1.165) is 40.5 Å². The largest absolute Gasteiger partial charge is 0.356 e. The molecular formula is C26H32BrN5S. The molecule has 4 bridgehead atoms. The normalized spacial score (nSPS) is 15.3. The van der Waals surface area contributed by atoms with Crippen molar-refractivity contribution in [3.63, 3.8) is 0 Å². The summed E-state index contributed by atoms with van der Waals surface area (Å²) in [5.41, 5.74) is 3.63. The number of rotatable bonds is 1. The average molecular weight is 527 g/mol. The summed E-state index contributed by atoms with van der Waals surface area (Å²) in [5.74, 6) is 1.61. The number of aromatic nitrogens is 3. The number of fused-ring (bicyclic) bond motifs is 6. The minimum atomic E-state index is 0.202. The van der Waals surface area contributed by atoms with Crippen LogP contribution < -0.4 is 9.62 Å². The van der Waals surface area contributed by atoms with Crippen molar-refractivity contribution in [3.8, 4) is 11.3 Å². The summed E-state index contributed by atoms with van der Waals surface area (Å²) in [6.45, 7) is 8.87. The summed E-state index contributed by atoms with van der Waals surface area (Å²) in [4.78, 5) is 16.7. The lowest BCUT2D eigenvalue weighted by molar-refractivity contribution is 0.405. The van der Waals surface area contributed by atoms with Crippen molar-refractivity contribution in [2.24, 2.45) is 5.41 Å².